The van der Waals surface area contributed by atoms with Gasteiger partial charge < -0.3 is 14.0 Å². The topological polar surface area (TPSA) is 90.7 Å². The molecule has 7 heteroatoms. The Balaban J connectivity index is 1.45. The fourth-order valence-corrected chi connectivity index (χ4v) is 2.41. The Morgan fingerprint density at radius 3 is 2.54 bits per heavy atom. The van der Waals surface area contributed by atoms with E-state index in [-0.39, 0.29) is 12.5 Å². The number of esters is 1. The molecule has 3 aromatic rings. The van der Waals surface area contributed by atoms with Crippen LogP contribution in [0.1, 0.15) is 11.1 Å². The Bertz CT molecular complexity index is 963. The van der Waals surface area contributed by atoms with E-state index in [1.165, 1.54) is 0 Å². The highest BCUT2D eigenvalue weighted by Gasteiger charge is 2.12. The van der Waals surface area contributed by atoms with Gasteiger partial charge in [-0.15, -0.1) is 0 Å². The fraction of sp³-hybridized carbons (Fsp3) is 0.190. The minimum Gasteiger partial charge on any atom is -0.482 e. The first kappa shape index (κ1) is 19.2. The van der Waals surface area contributed by atoms with Crippen LogP contribution in [0.4, 0.5) is 5.88 Å². The third kappa shape index (κ3) is 5.20. The molecular weight excluding hydrogens is 360 g/mol. The number of hydrogen-bond donors (Lipinski definition) is 1. The van der Waals surface area contributed by atoms with E-state index in [1.54, 1.807) is 12.1 Å². The Hall–Kier alpha value is -3.61. The molecule has 0 atom stereocenters. The Morgan fingerprint density at radius 2 is 1.79 bits per heavy atom. The second kappa shape index (κ2) is 8.85. The normalized spacial score (nSPS) is 10.4. The molecule has 0 aliphatic heterocycles. The van der Waals surface area contributed by atoms with Crippen LogP contribution in [0, 0.1) is 13.8 Å². The lowest BCUT2D eigenvalue weighted by molar-refractivity contribution is -0.149. The molecular formula is C21H20N2O5. The second-order valence-electron chi connectivity index (χ2n) is 6.21. The number of para-hydroxylation sites is 1. The largest absolute Gasteiger partial charge is 0.482 e. The summed E-state index contributed by atoms with van der Waals surface area (Å²) < 4.78 is 15.4. The summed E-state index contributed by atoms with van der Waals surface area (Å²) in [6.45, 7) is 3.14. The van der Waals surface area contributed by atoms with Crippen molar-refractivity contribution in [3.63, 3.8) is 0 Å². The highest BCUT2D eigenvalue weighted by molar-refractivity contribution is 5.92. The van der Waals surface area contributed by atoms with E-state index in [2.05, 4.69) is 10.5 Å². The Kier molecular flexibility index (Phi) is 6.06. The summed E-state index contributed by atoms with van der Waals surface area (Å²) in [7, 11) is 0. The summed E-state index contributed by atoms with van der Waals surface area (Å²) in [5, 5.41) is 6.41. The van der Waals surface area contributed by atoms with Crippen molar-refractivity contribution in [1.82, 2.24) is 5.16 Å². The number of anilines is 1. The molecule has 0 saturated heterocycles. The summed E-state index contributed by atoms with van der Waals surface area (Å²) in [5.41, 5.74) is 3.50. The van der Waals surface area contributed by atoms with Gasteiger partial charge >= 0.3 is 5.97 Å². The molecule has 0 radical (unpaired) electrons. The van der Waals surface area contributed by atoms with Crippen LogP contribution in [-0.4, -0.2) is 30.2 Å². The number of hydrogen-bond acceptors (Lipinski definition) is 6. The van der Waals surface area contributed by atoms with Gasteiger partial charge in [-0.1, -0.05) is 53.2 Å². The van der Waals surface area contributed by atoms with Gasteiger partial charge in [-0.2, -0.15) is 0 Å². The third-order valence-electron chi connectivity index (χ3n) is 3.92. The van der Waals surface area contributed by atoms with Gasteiger partial charge in [0.25, 0.3) is 5.91 Å². The van der Waals surface area contributed by atoms with Gasteiger partial charge in [0.05, 0.1) is 0 Å². The van der Waals surface area contributed by atoms with Crippen molar-refractivity contribution in [2.75, 3.05) is 18.5 Å². The van der Waals surface area contributed by atoms with Gasteiger partial charge in [0, 0.05) is 11.6 Å². The molecule has 1 heterocycles. The molecule has 0 saturated carbocycles. The standard InChI is InChI=1S/C21H20N2O5/c1-14-7-9-16(10-8-14)17-11-20(28-23-17)22-19(24)12-27-21(25)13-26-18-6-4-3-5-15(18)2/h3-11H,12-13H2,1-2H3,(H,22,24). The van der Waals surface area contributed by atoms with Crippen LogP contribution in [0.2, 0.25) is 0 Å². The number of benzene rings is 2. The van der Waals surface area contributed by atoms with E-state index >= 15 is 0 Å². The molecule has 0 fully saturated rings. The number of rotatable bonds is 7. The maximum Gasteiger partial charge on any atom is 0.344 e. The average Bonchev–Trinajstić information content (AvgIpc) is 3.14. The molecule has 0 aliphatic carbocycles. The summed E-state index contributed by atoms with van der Waals surface area (Å²) in [6.07, 6.45) is 0. The second-order valence-corrected chi connectivity index (χ2v) is 6.21. The number of nitrogens with zero attached hydrogens (tertiary/aromatic N) is 1. The summed E-state index contributed by atoms with van der Waals surface area (Å²) in [4.78, 5) is 23.7. The lowest BCUT2D eigenvalue weighted by Crippen LogP contribution is -2.23. The molecule has 0 bridgehead atoms. The van der Waals surface area contributed by atoms with Crippen molar-refractivity contribution < 1.29 is 23.6 Å². The first-order valence-corrected chi connectivity index (χ1v) is 8.69. The zero-order valence-electron chi connectivity index (χ0n) is 15.6. The van der Waals surface area contributed by atoms with Crippen LogP contribution in [0.5, 0.6) is 5.75 Å². The van der Waals surface area contributed by atoms with Crippen molar-refractivity contribution in [2.24, 2.45) is 0 Å². The van der Waals surface area contributed by atoms with Crippen LogP contribution in [0.3, 0.4) is 0 Å². The minimum atomic E-state index is -0.642. The molecule has 28 heavy (non-hydrogen) atoms. The fourth-order valence-electron chi connectivity index (χ4n) is 2.41. The van der Waals surface area contributed by atoms with Gasteiger partial charge in [0.15, 0.2) is 13.2 Å². The van der Waals surface area contributed by atoms with Crippen molar-refractivity contribution in [1.29, 1.82) is 0 Å². The van der Waals surface area contributed by atoms with Crippen LogP contribution < -0.4 is 10.1 Å². The third-order valence-corrected chi connectivity index (χ3v) is 3.92. The summed E-state index contributed by atoms with van der Waals surface area (Å²) in [6, 6.07) is 16.7. The van der Waals surface area contributed by atoms with Crippen molar-refractivity contribution in [3.8, 4) is 17.0 Å². The number of carbonyl (C=O) groups excluding carboxylic acids is 2. The number of amides is 1. The smallest absolute Gasteiger partial charge is 0.344 e. The Labute approximate surface area is 162 Å². The van der Waals surface area contributed by atoms with E-state index in [4.69, 9.17) is 14.0 Å². The predicted molar refractivity (Wildman–Crippen MR) is 103 cm³/mol. The average molecular weight is 380 g/mol. The summed E-state index contributed by atoms with van der Waals surface area (Å²) >= 11 is 0. The monoisotopic (exact) mass is 380 g/mol. The van der Waals surface area contributed by atoms with Gasteiger partial charge in [0.2, 0.25) is 5.88 Å². The maximum atomic E-state index is 11.9. The van der Waals surface area contributed by atoms with Crippen LogP contribution >= 0.6 is 0 Å². The molecule has 0 spiro atoms. The van der Waals surface area contributed by atoms with Gasteiger partial charge in [0.1, 0.15) is 11.4 Å². The van der Waals surface area contributed by atoms with E-state index in [9.17, 15) is 9.59 Å². The zero-order valence-corrected chi connectivity index (χ0v) is 15.6. The van der Waals surface area contributed by atoms with Crippen molar-refractivity contribution in [2.45, 2.75) is 13.8 Å². The van der Waals surface area contributed by atoms with Crippen LogP contribution in [-0.2, 0) is 14.3 Å². The highest BCUT2D eigenvalue weighted by Crippen LogP contribution is 2.22. The summed E-state index contributed by atoms with van der Waals surface area (Å²) in [5.74, 6) is -0.408. The van der Waals surface area contributed by atoms with Gasteiger partial charge in [-0.3, -0.25) is 10.1 Å². The number of aryl methyl sites for hydroxylation is 2. The first-order chi connectivity index (χ1) is 13.5. The first-order valence-electron chi connectivity index (χ1n) is 8.69. The lowest BCUT2D eigenvalue weighted by atomic mass is 10.1. The number of carbonyl (C=O) groups is 2. The molecule has 1 amide bonds. The van der Waals surface area contributed by atoms with Crippen molar-refractivity contribution in [3.05, 3.63) is 65.7 Å². The van der Waals surface area contributed by atoms with Gasteiger partial charge in [-0.25, -0.2) is 4.79 Å². The molecule has 3 rings (SSSR count). The van der Waals surface area contributed by atoms with Crippen LogP contribution in [0.25, 0.3) is 11.3 Å². The number of nitrogens with one attached hydrogen (secondary N) is 1. The Morgan fingerprint density at radius 1 is 1.04 bits per heavy atom. The van der Waals surface area contributed by atoms with Crippen LogP contribution in [0.15, 0.2) is 59.1 Å². The molecule has 2 aromatic carbocycles. The number of ether oxygens (including phenoxy) is 2. The molecule has 0 unspecified atom stereocenters. The molecule has 0 aliphatic rings. The molecule has 1 aromatic heterocycles. The van der Waals surface area contributed by atoms with E-state index in [1.807, 2.05) is 56.3 Å². The zero-order chi connectivity index (χ0) is 19.9. The SMILES string of the molecule is Cc1ccc(-c2cc(NC(=O)COC(=O)COc3ccccc3C)on2)cc1. The quantitative estimate of drug-likeness (QED) is 0.631. The molecule has 7 nitrogen and oxygen atoms in total. The van der Waals surface area contributed by atoms with Gasteiger partial charge in [-0.05, 0) is 25.5 Å². The van der Waals surface area contributed by atoms with E-state index < -0.39 is 18.5 Å². The highest BCUT2D eigenvalue weighted by atomic mass is 16.6. The molecule has 1 N–H and O–H groups in total. The number of aromatic nitrogens is 1. The van der Waals surface area contributed by atoms with E-state index in [0.29, 0.717) is 11.4 Å². The van der Waals surface area contributed by atoms with E-state index in [0.717, 1.165) is 16.7 Å². The minimum absolute atomic E-state index is 0.174. The molecule has 144 valence electrons. The lowest BCUT2D eigenvalue weighted by Gasteiger charge is -2.08. The van der Waals surface area contributed by atoms with Crippen molar-refractivity contribution >= 4 is 17.8 Å². The maximum absolute atomic E-state index is 11.9. The predicted octanol–water partition coefficient (Wildman–Crippen LogP) is 3.52.